The summed E-state index contributed by atoms with van der Waals surface area (Å²) in [5.41, 5.74) is -1.89. The lowest BCUT2D eigenvalue weighted by atomic mass is 10.0. The molecule has 57 heavy (non-hydrogen) atoms. The first-order valence-corrected chi connectivity index (χ1v) is 18.8. The van der Waals surface area contributed by atoms with E-state index < -0.39 is 46.1 Å². The zero-order valence-corrected chi connectivity index (χ0v) is 32.3. The van der Waals surface area contributed by atoms with Crippen LogP contribution in [0.25, 0.3) is 0 Å². The maximum Gasteiger partial charge on any atom is 0.417 e. The zero-order chi connectivity index (χ0) is 41.2. The van der Waals surface area contributed by atoms with E-state index in [1.165, 1.54) is 29.2 Å². The van der Waals surface area contributed by atoms with Crippen LogP contribution in [0.4, 0.5) is 40.3 Å². The van der Waals surface area contributed by atoms with E-state index in [-0.39, 0.29) is 54.4 Å². The Hall–Kier alpha value is -5.38. The van der Waals surface area contributed by atoms with Crippen LogP contribution in [0.2, 0.25) is 0 Å². The average Bonchev–Trinajstić information content (AvgIpc) is 3.31. The number of hydrogen-bond donors (Lipinski definition) is 4. The molecule has 6 rings (SSSR count). The number of anilines is 4. The molecule has 18 heteroatoms. The number of hydrogen-bond acceptors (Lipinski definition) is 11. The van der Waals surface area contributed by atoms with Crippen LogP contribution in [0.15, 0.2) is 54.6 Å². The molecule has 13 nitrogen and oxygen atoms in total. The number of halogens is 4. The van der Waals surface area contributed by atoms with Gasteiger partial charge in [-0.2, -0.15) is 18.4 Å². The first kappa shape index (κ1) is 41.3. The molecule has 4 amide bonds. The highest BCUT2D eigenvalue weighted by molar-refractivity contribution is 7.81. The minimum Gasteiger partial charge on any atom is -0.489 e. The number of carbonyl (C=O) groups excluding carboxylic acids is 4. The Kier molecular flexibility index (Phi) is 12.0. The molecule has 3 N–H and O–H groups in total. The van der Waals surface area contributed by atoms with Crippen LogP contribution in [0.5, 0.6) is 5.75 Å². The number of benzene rings is 3. The minimum absolute atomic E-state index is 0.0153. The minimum atomic E-state index is -4.83. The first-order chi connectivity index (χ1) is 26.9. The summed E-state index contributed by atoms with van der Waals surface area (Å²) in [6.07, 6.45) is -4.19. The molecule has 3 fully saturated rings. The fourth-order valence-corrected chi connectivity index (χ4v) is 7.87. The standard InChI is InChI=1S/C39H42F4N8O5S/c1-23-16-25(45-31-7-9-33(52)47-35(31)54)18-26(17-23)46-34(53)22-49-12-10-48(11-13-49)14-15-56-32-8-6-28(20-30(32)40)51-37(57)50(36(55)38(51,2)3)27-5-4-24(21-44)29(19-27)39(41,42)43/h4-6,8,16-20,31,37,45,57H,7,9-15,22H2,1-3H3,(H,46,53)(H,47,52,54). The number of nitrogens with one attached hydrogen (secondary N) is 3. The topological polar surface area (TPSA) is 150 Å². The van der Waals surface area contributed by atoms with Crippen molar-refractivity contribution in [1.29, 1.82) is 5.26 Å². The van der Waals surface area contributed by atoms with Crippen LogP contribution < -0.4 is 30.5 Å². The zero-order valence-electron chi connectivity index (χ0n) is 31.5. The van der Waals surface area contributed by atoms with E-state index in [0.29, 0.717) is 50.5 Å². The van der Waals surface area contributed by atoms with Crippen molar-refractivity contribution in [3.63, 3.8) is 0 Å². The average molecular weight is 811 g/mol. The van der Waals surface area contributed by atoms with Gasteiger partial charge in [0.2, 0.25) is 17.7 Å². The summed E-state index contributed by atoms with van der Waals surface area (Å²) < 4.78 is 62.3. The fraction of sp³-hybridized carbons (Fsp3) is 0.410. The van der Waals surface area contributed by atoms with Gasteiger partial charge in [0.05, 0.1) is 23.7 Å². The van der Waals surface area contributed by atoms with Crippen molar-refractivity contribution in [1.82, 2.24) is 15.1 Å². The van der Waals surface area contributed by atoms with E-state index in [4.69, 9.17) is 4.74 Å². The third-order valence-electron chi connectivity index (χ3n) is 10.1. The van der Waals surface area contributed by atoms with Crippen LogP contribution >= 0.6 is 12.6 Å². The monoisotopic (exact) mass is 810 g/mol. The molecule has 3 aliphatic rings. The van der Waals surface area contributed by atoms with Gasteiger partial charge in [-0.1, -0.05) is 0 Å². The van der Waals surface area contributed by atoms with Crippen LogP contribution in [-0.4, -0.2) is 96.4 Å². The maximum absolute atomic E-state index is 15.4. The number of rotatable bonds is 11. The third-order valence-corrected chi connectivity index (χ3v) is 10.6. The number of aryl methyl sites for hydroxylation is 1. The largest absolute Gasteiger partial charge is 0.489 e. The SMILES string of the molecule is Cc1cc(NC(=O)CN2CCN(CCOc3ccc(N4C(S)N(c5ccc(C#N)c(C(F)(F)F)c5)C(=O)C4(C)C)cc3F)CC2)cc(NC2CCC(=O)NC2=O)c1. The van der Waals surface area contributed by atoms with Crippen molar-refractivity contribution in [3.05, 3.63) is 77.1 Å². The molecule has 3 saturated heterocycles. The lowest BCUT2D eigenvalue weighted by Gasteiger charge is -2.34. The number of ether oxygens (including phenoxy) is 1. The Labute approximate surface area is 332 Å². The molecule has 2 unspecified atom stereocenters. The summed E-state index contributed by atoms with van der Waals surface area (Å²) in [6, 6.07) is 13.6. The highest BCUT2D eigenvalue weighted by atomic mass is 32.1. The smallest absolute Gasteiger partial charge is 0.417 e. The Balaban J connectivity index is 0.981. The number of nitriles is 1. The van der Waals surface area contributed by atoms with E-state index in [2.05, 4.69) is 33.5 Å². The molecule has 3 heterocycles. The number of thiol groups is 1. The summed E-state index contributed by atoms with van der Waals surface area (Å²) in [6.45, 7) is 8.42. The van der Waals surface area contributed by atoms with E-state index in [0.717, 1.165) is 22.6 Å². The predicted molar refractivity (Wildman–Crippen MR) is 207 cm³/mol. The van der Waals surface area contributed by atoms with Crippen molar-refractivity contribution in [2.24, 2.45) is 0 Å². The molecule has 2 atom stereocenters. The fourth-order valence-electron chi connectivity index (χ4n) is 7.21. The normalized spacial score (nSPS) is 20.3. The van der Waals surface area contributed by atoms with Crippen LogP contribution in [0, 0.1) is 24.1 Å². The Bertz CT molecular complexity index is 2100. The van der Waals surface area contributed by atoms with Gasteiger partial charge < -0.3 is 20.3 Å². The molecule has 0 aromatic heterocycles. The lowest BCUT2D eigenvalue weighted by Crippen LogP contribution is -2.49. The van der Waals surface area contributed by atoms with Gasteiger partial charge in [-0.05, 0) is 81.3 Å². The van der Waals surface area contributed by atoms with Crippen LogP contribution in [0.3, 0.4) is 0 Å². The number of imide groups is 1. The summed E-state index contributed by atoms with van der Waals surface area (Å²) in [4.78, 5) is 56.9. The van der Waals surface area contributed by atoms with Crippen molar-refractivity contribution in [2.45, 2.75) is 56.9 Å². The molecule has 0 radical (unpaired) electrons. The van der Waals surface area contributed by atoms with Gasteiger partial charge in [0.1, 0.15) is 18.2 Å². The molecule has 0 bridgehead atoms. The highest BCUT2D eigenvalue weighted by Crippen LogP contribution is 2.43. The summed E-state index contributed by atoms with van der Waals surface area (Å²) >= 11 is 4.57. The van der Waals surface area contributed by atoms with Crippen LogP contribution in [0.1, 0.15) is 43.4 Å². The number of amides is 4. The second-order valence-electron chi connectivity index (χ2n) is 14.7. The van der Waals surface area contributed by atoms with Crippen LogP contribution in [-0.2, 0) is 25.4 Å². The molecule has 0 aliphatic carbocycles. The summed E-state index contributed by atoms with van der Waals surface area (Å²) in [5, 5.41) is 17.6. The van der Waals surface area contributed by atoms with Crippen molar-refractivity contribution >= 4 is 59.0 Å². The number of carbonyl (C=O) groups is 4. The van der Waals surface area contributed by atoms with E-state index >= 15 is 4.39 Å². The van der Waals surface area contributed by atoms with Crippen molar-refractivity contribution in [3.8, 4) is 11.8 Å². The Morgan fingerprint density at radius 3 is 2.35 bits per heavy atom. The third kappa shape index (κ3) is 9.27. The molecule has 3 aliphatic heterocycles. The summed E-state index contributed by atoms with van der Waals surface area (Å²) in [5.74, 6) is -2.14. The number of piperidine rings is 1. The molecule has 0 saturated carbocycles. The Morgan fingerprint density at radius 1 is 1.00 bits per heavy atom. The molecule has 3 aromatic rings. The molecule has 0 spiro atoms. The van der Waals surface area contributed by atoms with Crippen molar-refractivity contribution < 1.29 is 41.5 Å². The first-order valence-electron chi connectivity index (χ1n) is 18.3. The second kappa shape index (κ2) is 16.6. The predicted octanol–water partition coefficient (Wildman–Crippen LogP) is 4.72. The number of alkyl halides is 3. The van der Waals surface area contributed by atoms with Gasteiger partial charge in [-0.25, -0.2) is 4.39 Å². The quantitative estimate of drug-likeness (QED) is 0.122. The number of nitrogens with zero attached hydrogens (tertiary/aromatic N) is 5. The van der Waals surface area contributed by atoms with Gasteiger partial charge in [0.15, 0.2) is 17.1 Å². The van der Waals surface area contributed by atoms with Gasteiger partial charge >= 0.3 is 6.18 Å². The van der Waals surface area contributed by atoms with Gasteiger partial charge in [-0.15, -0.1) is 12.6 Å². The van der Waals surface area contributed by atoms with Crippen molar-refractivity contribution in [2.75, 3.05) is 66.3 Å². The van der Waals surface area contributed by atoms with Gasteiger partial charge in [0, 0.05) is 68.0 Å². The number of piperazine rings is 1. The second-order valence-corrected chi connectivity index (χ2v) is 15.1. The van der Waals surface area contributed by atoms with E-state index in [1.54, 1.807) is 26.0 Å². The maximum atomic E-state index is 15.4. The molecule has 302 valence electrons. The Morgan fingerprint density at radius 2 is 1.68 bits per heavy atom. The van der Waals surface area contributed by atoms with E-state index in [1.807, 2.05) is 24.0 Å². The van der Waals surface area contributed by atoms with E-state index in [9.17, 15) is 37.6 Å². The molecule has 3 aromatic carbocycles. The highest BCUT2D eigenvalue weighted by Gasteiger charge is 2.52. The molecular weight excluding hydrogens is 769 g/mol. The molecular formula is C39H42F4N8O5S. The summed E-state index contributed by atoms with van der Waals surface area (Å²) in [7, 11) is 0. The van der Waals surface area contributed by atoms with Gasteiger partial charge in [0.25, 0.3) is 5.91 Å². The lowest BCUT2D eigenvalue weighted by molar-refractivity contribution is -0.138. The van der Waals surface area contributed by atoms with Gasteiger partial charge in [-0.3, -0.25) is 39.2 Å².